The molecule has 0 aliphatic rings. The molecule has 0 bridgehead atoms. The van der Waals surface area contributed by atoms with E-state index in [4.69, 9.17) is 4.52 Å². The predicted octanol–water partition coefficient (Wildman–Crippen LogP) is 2.38. The van der Waals surface area contributed by atoms with Gasteiger partial charge in [-0.3, -0.25) is 4.68 Å². The van der Waals surface area contributed by atoms with Crippen LogP contribution in [0.15, 0.2) is 16.9 Å². The first kappa shape index (κ1) is 12.3. The zero-order chi connectivity index (χ0) is 13.3. The Balaban J connectivity index is 2.49. The van der Waals surface area contributed by atoms with Crippen LogP contribution in [0.25, 0.3) is 11.3 Å². The Morgan fingerprint density at radius 1 is 1.56 bits per heavy atom. The number of hydrogen-bond donors (Lipinski definition) is 1. The molecule has 6 heteroatoms. The van der Waals surface area contributed by atoms with E-state index in [2.05, 4.69) is 10.3 Å². The van der Waals surface area contributed by atoms with E-state index >= 15 is 0 Å². The number of rotatable bonds is 4. The molecule has 0 unspecified atom stereocenters. The second-order valence-electron chi connectivity index (χ2n) is 4.29. The van der Waals surface area contributed by atoms with Gasteiger partial charge in [-0.1, -0.05) is 12.1 Å². The molecule has 0 aromatic carbocycles. The predicted molar refractivity (Wildman–Crippen MR) is 64.4 cm³/mol. The Kier molecular flexibility index (Phi) is 3.18. The Bertz CT molecular complexity index is 569. The molecule has 0 saturated heterocycles. The lowest BCUT2D eigenvalue weighted by atomic mass is 10.1. The number of nitrogens with zero attached hydrogens (tertiary/aromatic N) is 3. The van der Waals surface area contributed by atoms with E-state index in [1.54, 1.807) is 17.1 Å². The van der Waals surface area contributed by atoms with E-state index in [9.17, 15) is 9.90 Å². The summed E-state index contributed by atoms with van der Waals surface area (Å²) in [6, 6.07) is 0.213. The Hall–Kier alpha value is -2.11. The molecular weight excluding hydrogens is 234 g/mol. The summed E-state index contributed by atoms with van der Waals surface area (Å²) in [5.74, 6) is -0.643. The van der Waals surface area contributed by atoms with Crippen molar-refractivity contribution in [2.75, 3.05) is 0 Å². The molecule has 0 amide bonds. The van der Waals surface area contributed by atoms with E-state index in [0.717, 1.165) is 0 Å². The first-order chi connectivity index (χ1) is 8.54. The molecule has 1 N–H and O–H groups in total. The number of carboxylic acid groups (broad SMARTS) is 1. The van der Waals surface area contributed by atoms with Gasteiger partial charge in [0.05, 0.1) is 6.20 Å². The highest BCUT2D eigenvalue weighted by Crippen LogP contribution is 2.26. The first-order valence-corrected chi connectivity index (χ1v) is 5.81. The van der Waals surface area contributed by atoms with Gasteiger partial charge in [0.2, 0.25) is 0 Å². The molecule has 6 nitrogen and oxygen atoms in total. The van der Waals surface area contributed by atoms with Gasteiger partial charge in [0.25, 0.3) is 0 Å². The summed E-state index contributed by atoms with van der Waals surface area (Å²) in [5, 5.41) is 17.2. The van der Waals surface area contributed by atoms with Crippen LogP contribution in [-0.4, -0.2) is 26.0 Å². The molecule has 0 saturated carbocycles. The van der Waals surface area contributed by atoms with Crippen LogP contribution in [-0.2, 0) is 6.42 Å². The normalized spacial score (nSPS) is 11.1. The van der Waals surface area contributed by atoms with Crippen molar-refractivity contribution in [3.8, 4) is 11.3 Å². The highest BCUT2D eigenvalue weighted by Gasteiger charge is 2.23. The lowest BCUT2D eigenvalue weighted by Gasteiger charge is -2.02. The molecular formula is C12H15N3O3. The third kappa shape index (κ3) is 2.01. The number of aromatic carboxylic acids is 1. The van der Waals surface area contributed by atoms with Crippen molar-refractivity contribution >= 4 is 5.97 Å². The maximum atomic E-state index is 11.2. The number of carbonyl (C=O) groups is 1. The van der Waals surface area contributed by atoms with Crippen LogP contribution in [0.1, 0.15) is 42.9 Å². The van der Waals surface area contributed by atoms with Crippen molar-refractivity contribution in [1.82, 2.24) is 14.9 Å². The van der Waals surface area contributed by atoms with Crippen LogP contribution < -0.4 is 0 Å². The maximum Gasteiger partial charge on any atom is 0.341 e. The molecule has 0 aliphatic heterocycles. The summed E-state index contributed by atoms with van der Waals surface area (Å²) >= 11 is 0. The van der Waals surface area contributed by atoms with Gasteiger partial charge >= 0.3 is 5.97 Å². The quantitative estimate of drug-likeness (QED) is 0.899. The minimum absolute atomic E-state index is 0.126. The molecule has 2 aromatic heterocycles. The summed E-state index contributed by atoms with van der Waals surface area (Å²) < 4.78 is 6.81. The van der Waals surface area contributed by atoms with Crippen LogP contribution in [0, 0.1) is 0 Å². The minimum Gasteiger partial charge on any atom is -0.477 e. The van der Waals surface area contributed by atoms with E-state index < -0.39 is 5.97 Å². The average molecular weight is 249 g/mol. The van der Waals surface area contributed by atoms with Crippen LogP contribution >= 0.6 is 0 Å². The van der Waals surface area contributed by atoms with Crippen LogP contribution in [0.4, 0.5) is 0 Å². The van der Waals surface area contributed by atoms with E-state index in [0.29, 0.717) is 23.4 Å². The van der Waals surface area contributed by atoms with Gasteiger partial charge < -0.3 is 9.63 Å². The zero-order valence-corrected chi connectivity index (χ0v) is 10.5. The Morgan fingerprint density at radius 3 is 2.78 bits per heavy atom. The Morgan fingerprint density at radius 2 is 2.28 bits per heavy atom. The largest absolute Gasteiger partial charge is 0.477 e. The summed E-state index contributed by atoms with van der Waals surface area (Å²) in [4.78, 5) is 11.2. The lowest BCUT2D eigenvalue weighted by Crippen LogP contribution is -2.01. The van der Waals surface area contributed by atoms with Crippen LogP contribution in [0.3, 0.4) is 0 Å². The lowest BCUT2D eigenvalue weighted by molar-refractivity contribution is 0.0695. The monoisotopic (exact) mass is 249 g/mol. The van der Waals surface area contributed by atoms with Crippen LogP contribution in [0.5, 0.6) is 0 Å². The molecule has 2 aromatic rings. The average Bonchev–Trinajstić information content (AvgIpc) is 2.94. The standard InChI is InChI=1S/C12H15N3O3/c1-4-9-10(12(16)17)11(14-18-9)8-5-13-15(6-8)7(2)3/h5-7H,4H2,1-3H3,(H,16,17). The second-order valence-corrected chi connectivity index (χ2v) is 4.29. The first-order valence-electron chi connectivity index (χ1n) is 5.81. The summed E-state index contributed by atoms with van der Waals surface area (Å²) in [6.07, 6.45) is 3.87. The van der Waals surface area contributed by atoms with Gasteiger partial charge in [-0.25, -0.2) is 4.79 Å². The molecule has 96 valence electrons. The van der Waals surface area contributed by atoms with Crippen molar-refractivity contribution in [3.63, 3.8) is 0 Å². The minimum atomic E-state index is -1.03. The molecule has 18 heavy (non-hydrogen) atoms. The van der Waals surface area contributed by atoms with Crippen molar-refractivity contribution in [3.05, 3.63) is 23.7 Å². The topological polar surface area (TPSA) is 81.2 Å². The summed E-state index contributed by atoms with van der Waals surface area (Å²) in [7, 11) is 0. The number of aryl methyl sites for hydroxylation is 1. The van der Waals surface area contributed by atoms with Gasteiger partial charge in [0.1, 0.15) is 11.3 Å². The maximum absolute atomic E-state index is 11.2. The molecule has 0 spiro atoms. The highest BCUT2D eigenvalue weighted by atomic mass is 16.5. The van der Waals surface area contributed by atoms with Gasteiger partial charge in [-0.15, -0.1) is 0 Å². The van der Waals surface area contributed by atoms with Crippen molar-refractivity contribution in [1.29, 1.82) is 0 Å². The molecule has 0 aliphatic carbocycles. The fourth-order valence-electron chi connectivity index (χ4n) is 1.73. The van der Waals surface area contributed by atoms with Crippen molar-refractivity contribution in [2.24, 2.45) is 0 Å². The summed E-state index contributed by atoms with van der Waals surface area (Å²) in [5.41, 5.74) is 1.12. The number of aromatic nitrogens is 3. The Labute approximate surface area is 104 Å². The van der Waals surface area contributed by atoms with Gasteiger partial charge in [0.15, 0.2) is 5.76 Å². The summed E-state index contributed by atoms with van der Waals surface area (Å²) in [6.45, 7) is 5.82. The molecule has 0 radical (unpaired) electrons. The van der Waals surface area contributed by atoms with Crippen molar-refractivity contribution < 1.29 is 14.4 Å². The molecule has 0 fully saturated rings. The van der Waals surface area contributed by atoms with E-state index in [1.165, 1.54) is 0 Å². The van der Waals surface area contributed by atoms with Crippen molar-refractivity contribution in [2.45, 2.75) is 33.2 Å². The van der Waals surface area contributed by atoms with Crippen LogP contribution in [0.2, 0.25) is 0 Å². The fourth-order valence-corrected chi connectivity index (χ4v) is 1.73. The highest BCUT2D eigenvalue weighted by molar-refractivity contribution is 5.95. The zero-order valence-electron chi connectivity index (χ0n) is 10.5. The molecule has 0 atom stereocenters. The SMILES string of the molecule is CCc1onc(-c2cnn(C(C)C)c2)c1C(=O)O. The third-order valence-electron chi connectivity index (χ3n) is 2.70. The molecule has 2 heterocycles. The third-order valence-corrected chi connectivity index (χ3v) is 2.70. The van der Waals surface area contributed by atoms with Gasteiger partial charge in [-0.05, 0) is 13.8 Å². The van der Waals surface area contributed by atoms with Gasteiger partial charge in [0, 0.05) is 24.2 Å². The van der Waals surface area contributed by atoms with E-state index in [-0.39, 0.29) is 11.6 Å². The number of carboxylic acids is 1. The fraction of sp³-hybridized carbons (Fsp3) is 0.417. The smallest absolute Gasteiger partial charge is 0.341 e. The number of hydrogen-bond acceptors (Lipinski definition) is 4. The second kappa shape index (κ2) is 4.64. The van der Waals surface area contributed by atoms with Gasteiger partial charge in [-0.2, -0.15) is 5.10 Å². The van der Waals surface area contributed by atoms with E-state index in [1.807, 2.05) is 20.8 Å². The molecule has 2 rings (SSSR count).